The van der Waals surface area contributed by atoms with Gasteiger partial charge in [-0.1, -0.05) is 63.3 Å². The molecule has 2 rings (SSSR count). The number of unbranched alkanes of at least 4 members (excludes halogenated alkanes) is 1. The van der Waals surface area contributed by atoms with Gasteiger partial charge in [0.2, 0.25) is 0 Å². The van der Waals surface area contributed by atoms with Gasteiger partial charge in [-0.15, -0.1) is 0 Å². The number of nitrogens with two attached hydrogens (primary N) is 1. The van der Waals surface area contributed by atoms with Gasteiger partial charge in [-0.25, -0.2) is 0 Å². The first-order valence-electron chi connectivity index (χ1n) is 7.64. The summed E-state index contributed by atoms with van der Waals surface area (Å²) in [7, 11) is 0. The van der Waals surface area contributed by atoms with Crippen LogP contribution >= 0.6 is 0 Å². The van der Waals surface area contributed by atoms with E-state index in [1.54, 1.807) is 0 Å². The third kappa shape index (κ3) is 3.84. The standard InChI is InChI=1S/C17H27N/c1-2-3-6-14-9-11-16(12-10-14)17(18)13-15-7-4-5-8-15/h9-12,15,17H,2-8,13,18H2,1H3. The summed E-state index contributed by atoms with van der Waals surface area (Å²) in [5.41, 5.74) is 9.10. The molecular formula is C17H27N. The van der Waals surface area contributed by atoms with Crippen LogP contribution in [0.2, 0.25) is 0 Å². The van der Waals surface area contributed by atoms with Gasteiger partial charge in [0.1, 0.15) is 0 Å². The summed E-state index contributed by atoms with van der Waals surface area (Å²) in [6, 6.07) is 9.25. The highest BCUT2D eigenvalue weighted by Gasteiger charge is 2.18. The summed E-state index contributed by atoms with van der Waals surface area (Å²) in [4.78, 5) is 0. The summed E-state index contributed by atoms with van der Waals surface area (Å²) in [5.74, 6) is 0.875. The molecule has 1 aliphatic carbocycles. The molecule has 1 saturated carbocycles. The molecule has 0 bridgehead atoms. The maximum absolute atomic E-state index is 6.33. The average molecular weight is 245 g/mol. The fourth-order valence-corrected chi connectivity index (χ4v) is 3.05. The topological polar surface area (TPSA) is 26.0 Å². The molecule has 0 heterocycles. The van der Waals surface area contributed by atoms with E-state index in [4.69, 9.17) is 5.73 Å². The smallest absolute Gasteiger partial charge is 0.0297 e. The number of hydrogen-bond donors (Lipinski definition) is 1. The van der Waals surface area contributed by atoms with Crippen LogP contribution in [0.25, 0.3) is 0 Å². The summed E-state index contributed by atoms with van der Waals surface area (Å²) >= 11 is 0. The minimum atomic E-state index is 0.244. The van der Waals surface area contributed by atoms with Crippen molar-refractivity contribution < 1.29 is 0 Å². The molecule has 0 radical (unpaired) electrons. The van der Waals surface area contributed by atoms with Gasteiger partial charge in [0.15, 0.2) is 0 Å². The fourth-order valence-electron chi connectivity index (χ4n) is 3.05. The SMILES string of the molecule is CCCCc1ccc(C(N)CC2CCCC2)cc1. The van der Waals surface area contributed by atoms with E-state index < -0.39 is 0 Å². The van der Waals surface area contributed by atoms with Gasteiger partial charge in [0.05, 0.1) is 0 Å². The van der Waals surface area contributed by atoms with Crippen LogP contribution in [0, 0.1) is 5.92 Å². The molecular weight excluding hydrogens is 218 g/mol. The van der Waals surface area contributed by atoms with Crippen molar-refractivity contribution in [1.82, 2.24) is 0 Å². The Morgan fingerprint density at radius 3 is 2.44 bits per heavy atom. The van der Waals surface area contributed by atoms with Gasteiger partial charge in [0.25, 0.3) is 0 Å². The molecule has 0 aromatic heterocycles. The van der Waals surface area contributed by atoms with E-state index in [2.05, 4.69) is 31.2 Å². The van der Waals surface area contributed by atoms with Crippen molar-refractivity contribution in [3.05, 3.63) is 35.4 Å². The van der Waals surface area contributed by atoms with Gasteiger partial charge < -0.3 is 5.73 Å². The first kappa shape index (κ1) is 13.6. The third-order valence-electron chi connectivity index (χ3n) is 4.29. The third-order valence-corrected chi connectivity index (χ3v) is 4.29. The van der Waals surface area contributed by atoms with Crippen molar-refractivity contribution in [2.75, 3.05) is 0 Å². The molecule has 1 heteroatoms. The lowest BCUT2D eigenvalue weighted by Gasteiger charge is -2.17. The highest BCUT2D eigenvalue weighted by atomic mass is 14.6. The molecule has 0 amide bonds. The highest BCUT2D eigenvalue weighted by Crippen LogP contribution is 2.32. The zero-order valence-electron chi connectivity index (χ0n) is 11.7. The van der Waals surface area contributed by atoms with Crippen LogP contribution in [0.1, 0.15) is 69.0 Å². The second-order valence-electron chi connectivity index (χ2n) is 5.84. The zero-order chi connectivity index (χ0) is 12.8. The lowest BCUT2D eigenvalue weighted by Crippen LogP contribution is -2.14. The lowest BCUT2D eigenvalue weighted by atomic mass is 9.93. The van der Waals surface area contributed by atoms with E-state index >= 15 is 0 Å². The fraction of sp³-hybridized carbons (Fsp3) is 0.647. The quantitative estimate of drug-likeness (QED) is 0.778. The van der Waals surface area contributed by atoms with Crippen molar-refractivity contribution in [2.24, 2.45) is 11.7 Å². The second-order valence-corrected chi connectivity index (χ2v) is 5.84. The Morgan fingerprint density at radius 2 is 1.83 bits per heavy atom. The summed E-state index contributed by atoms with van der Waals surface area (Å²) in [6.45, 7) is 2.24. The Kier molecular flexibility index (Phi) is 5.25. The van der Waals surface area contributed by atoms with Gasteiger partial charge >= 0.3 is 0 Å². The molecule has 1 aliphatic rings. The minimum Gasteiger partial charge on any atom is -0.324 e. The van der Waals surface area contributed by atoms with E-state index in [0.29, 0.717) is 0 Å². The van der Waals surface area contributed by atoms with E-state index in [0.717, 1.165) is 5.92 Å². The predicted octanol–water partition coefficient (Wildman–Crippen LogP) is 4.61. The van der Waals surface area contributed by atoms with E-state index in [-0.39, 0.29) is 6.04 Å². The normalized spacial score (nSPS) is 18.1. The molecule has 1 aromatic carbocycles. The molecule has 18 heavy (non-hydrogen) atoms. The Balaban J connectivity index is 1.87. The van der Waals surface area contributed by atoms with Gasteiger partial charge in [-0.2, -0.15) is 0 Å². The van der Waals surface area contributed by atoms with Gasteiger partial charge in [-0.3, -0.25) is 0 Å². The first-order chi connectivity index (χ1) is 8.79. The number of rotatable bonds is 6. The molecule has 100 valence electrons. The van der Waals surface area contributed by atoms with Crippen LogP contribution in [-0.4, -0.2) is 0 Å². The maximum atomic E-state index is 6.33. The van der Waals surface area contributed by atoms with Crippen LogP contribution in [-0.2, 0) is 6.42 Å². The summed E-state index contributed by atoms with van der Waals surface area (Å²) in [6.07, 6.45) is 10.5. The monoisotopic (exact) mass is 245 g/mol. The zero-order valence-corrected chi connectivity index (χ0v) is 11.7. The lowest BCUT2D eigenvalue weighted by molar-refractivity contribution is 0.451. The Labute approximate surface area is 112 Å². The first-order valence-corrected chi connectivity index (χ1v) is 7.64. The van der Waals surface area contributed by atoms with Crippen LogP contribution in [0.3, 0.4) is 0 Å². The van der Waals surface area contributed by atoms with Crippen LogP contribution in [0.5, 0.6) is 0 Å². The van der Waals surface area contributed by atoms with Crippen molar-refractivity contribution in [2.45, 2.75) is 64.3 Å². The molecule has 2 N–H and O–H groups in total. The van der Waals surface area contributed by atoms with Crippen molar-refractivity contribution in [3.8, 4) is 0 Å². The Morgan fingerprint density at radius 1 is 1.17 bits per heavy atom. The number of hydrogen-bond acceptors (Lipinski definition) is 1. The largest absolute Gasteiger partial charge is 0.324 e. The van der Waals surface area contributed by atoms with Crippen molar-refractivity contribution in [1.29, 1.82) is 0 Å². The minimum absolute atomic E-state index is 0.244. The molecule has 1 aromatic rings. The van der Waals surface area contributed by atoms with Gasteiger partial charge in [-0.05, 0) is 36.3 Å². The summed E-state index contributed by atoms with van der Waals surface area (Å²) in [5, 5.41) is 0. The summed E-state index contributed by atoms with van der Waals surface area (Å²) < 4.78 is 0. The molecule has 0 saturated heterocycles. The highest BCUT2D eigenvalue weighted by molar-refractivity contribution is 5.25. The molecule has 1 atom stereocenters. The van der Waals surface area contributed by atoms with Crippen LogP contribution in [0.15, 0.2) is 24.3 Å². The molecule has 1 fully saturated rings. The molecule has 0 aliphatic heterocycles. The van der Waals surface area contributed by atoms with E-state index in [9.17, 15) is 0 Å². The Bertz CT molecular complexity index is 335. The molecule has 1 unspecified atom stereocenters. The van der Waals surface area contributed by atoms with Crippen LogP contribution in [0.4, 0.5) is 0 Å². The van der Waals surface area contributed by atoms with E-state index in [1.807, 2.05) is 0 Å². The predicted molar refractivity (Wildman–Crippen MR) is 78.6 cm³/mol. The average Bonchev–Trinajstić information content (AvgIpc) is 2.89. The Hall–Kier alpha value is -0.820. The maximum Gasteiger partial charge on any atom is 0.0297 e. The molecule has 1 nitrogen and oxygen atoms in total. The van der Waals surface area contributed by atoms with Crippen LogP contribution < -0.4 is 5.73 Å². The van der Waals surface area contributed by atoms with E-state index in [1.165, 1.54) is 62.5 Å². The second kappa shape index (κ2) is 6.94. The number of benzene rings is 1. The van der Waals surface area contributed by atoms with Crippen molar-refractivity contribution >= 4 is 0 Å². The van der Waals surface area contributed by atoms with Gasteiger partial charge in [0, 0.05) is 6.04 Å². The number of aryl methyl sites for hydroxylation is 1. The van der Waals surface area contributed by atoms with Crippen molar-refractivity contribution in [3.63, 3.8) is 0 Å². The molecule has 0 spiro atoms.